The molecule has 2 rings (SSSR count). The Kier molecular flexibility index (Phi) is 3.02. The third kappa shape index (κ3) is 2.70. The second-order valence-corrected chi connectivity index (χ2v) is 5.78. The van der Waals surface area contributed by atoms with E-state index in [1.165, 1.54) is 0 Å². The fourth-order valence-corrected chi connectivity index (χ4v) is 2.46. The van der Waals surface area contributed by atoms with E-state index in [4.69, 9.17) is 5.11 Å². The van der Waals surface area contributed by atoms with Crippen LogP contribution in [0, 0.1) is 5.41 Å². The second kappa shape index (κ2) is 4.20. The number of nitrogens with zero attached hydrogens (tertiary/aromatic N) is 1. The molecule has 2 fully saturated rings. The van der Waals surface area contributed by atoms with Crippen molar-refractivity contribution in [2.75, 3.05) is 6.54 Å². The Hall–Kier alpha value is -1.26. The van der Waals surface area contributed by atoms with Gasteiger partial charge in [-0.1, -0.05) is 13.8 Å². The van der Waals surface area contributed by atoms with Crippen molar-refractivity contribution in [2.45, 2.75) is 51.6 Å². The number of likely N-dealkylation sites (tertiary alicyclic amines) is 1. The molecular formula is C12H20N2O3. The highest BCUT2D eigenvalue weighted by atomic mass is 16.4. The average Bonchev–Trinajstić information content (AvgIpc) is 2.61. The van der Waals surface area contributed by atoms with Gasteiger partial charge >= 0.3 is 12.0 Å². The number of hydrogen-bond acceptors (Lipinski definition) is 2. The molecule has 1 saturated carbocycles. The Morgan fingerprint density at radius 3 is 2.65 bits per heavy atom. The van der Waals surface area contributed by atoms with Crippen molar-refractivity contribution in [2.24, 2.45) is 5.41 Å². The highest BCUT2D eigenvalue weighted by molar-refractivity contribution is 5.77. The average molecular weight is 240 g/mol. The van der Waals surface area contributed by atoms with E-state index in [1.807, 2.05) is 0 Å². The first-order valence-electron chi connectivity index (χ1n) is 6.19. The molecule has 1 saturated heterocycles. The predicted molar refractivity (Wildman–Crippen MR) is 62.7 cm³/mol. The molecule has 5 heteroatoms. The van der Waals surface area contributed by atoms with Crippen LogP contribution in [0.25, 0.3) is 0 Å². The monoisotopic (exact) mass is 240 g/mol. The Morgan fingerprint density at radius 2 is 2.12 bits per heavy atom. The van der Waals surface area contributed by atoms with E-state index in [0.29, 0.717) is 6.54 Å². The van der Waals surface area contributed by atoms with Crippen LogP contribution in [-0.2, 0) is 4.79 Å². The molecule has 17 heavy (non-hydrogen) atoms. The summed E-state index contributed by atoms with van der Waals surface area (Å²) in [5.74, 6) is -0.832. The largest absolute Gasteiger partial charge is 0.481 e. The topological polar surface area (TPSA) is 69.6 Å². The lowest BCUT2D eigenvalue weighted by Gasteiger charge is -2.24. The molecule has 2 atom stereocenters. The molecule has 0 aromatic heterocycles. The van der Waals surface area contributed by atoms with Gasteiger partial charge in [-0.25, -0.2) is 4.79 Å². The molecule has 0 bridgehead atoms. The number of aliphatic carboxylic acids is 1. The minimum Gasteiger partial charge on any atom is -0.481 e. The zero-order chi connectivity index (χ0) is 12.6. The zero-order valence-corrected chi connectivity index (χ0v) is 10.4. The Labute approximate surface area is 101 Å². The number of urea groups is 1. The van der Waals surface area contributed by atoms with Crippen molar-refractivity contribution in [1.82, 2.24) is 10.2 Å². The predicted octanol–water partition coefficient (Wildman–Crippen LogP) is 1.43. The summed E-state index contributed by atoms with van der Waals surface area (Å²) >= 11 is 0. The molecule has 2 aliphatic rings. The van der Waals surface area contributed by atoms with Crippen molar-refractivity contribution in [3.05, 3.63) is 0 Å². The third-order valence-electron chi connectivity index (χ3n) is 3.86. The van der Waals surface area contributed by atoms with E-state index < -0.39 is 5.97 Å². The summed E-state index contributed by atoms with van der Waals surface area (Å²) < 4.78 is 0. The summed E-state index contributed by atoms with van der Waals surface area (Å²) in [6.45, 7) is 4.92. The van der Waals surface area contributed by atoms with Gasteiger partial charge in [-0.05, 0) is 24.7 Å². The highest BCUT2D eigenvalue weighted by Gasteiger charge is 2.47. The highest BCUT2D eigenvalue weighted by Crippen LogP contribution is 2.44. The van der Waals surface area contributed by atoms with E-state index in [2.05, 4.69) is 19.2 Å². The van der Waals surface area contributed by atoms with E-state index in [-0.39, 0.29) is 30.0 Å². The number of nitrogens with one attached hydrogen (secondary N) is 1. The van der Waals surface area contributed by atoms with Crippen LogP contribution in [0.5, 0.6) is 0 Å². The first-order chi connectivity index (χ1) is 7.90. The summed E-state index contributed by atoms with van der Waals surface area (Å²) in [5, 5.41) is 11.8. The van der Waals surface area contributed by atoms with Gasteiger partial charge in [0.05, 0.1) is 6.42 Å². The van der Waals surface area contributed by atoms with Gasteiger partial charge in [-0.2, -0.15) is 0 Å². The third-order valence-corrected chi connectivity index (χ3v) is 3.86. The zero-order valence-electron chi connectivity index (χ0n) is 10.4. The molecule has 0 spiro atoms. The molecule has 0 aromatic rings. The SMILES string of the molecule is CC1(C)CC1NC(=O)N1CCCC1CC(=O)O. The van der Waals surface area contributed by atoms with E-state index >= 15 is 0 Å². The minimum atomic E-state index is -0.832. The van der Waals surface area contributed by atoms with E-state index in [0.717, 1.165) is 19.3 Å². The molecular weight excluding hydrogens is 220 g/mol. The van der Waals surface area contributed by atoms with E-state index in [1.54, 1.807) is 4.90 Å². The maximum absolute atomic E-state index is 12.0. The fourth-order valence-electron chi connectivity index (χ4n) is 2.46. The number of carboxylic acid groups (broad SMARTS) is 1. The Bertz CT molecular complexity index is 341. The van der Waals surface area contributed by atoms with Crippen LogP contribution < -0.4 is 5.32 Å². The molecule has 5 nitrogen and oxygen atoms in total. The van der Waals surface area contributed by atoms with E-state index in [9.17, 15) is 9.59 Å². The van der Waals surface area contributed by atoms with Crippen molar-refractivity contribution >= 4 is 12.0 Å². The van der Waals surface area contributed by atoms with Crippen LogP contribution in [-0.4, -0.2) is 40.6 Å². The summed E-state index contributed by atoms with van der Waals surface area (Å²) in [7, 11) is 0. The van der Waals surface area contributed by atoms with Gasteiger partial charge < -0.3 is 15.3 Å². The lowest BCUT2D eigenvalue weighted by atomic mass is 10.1. The maximum Gasteiger partial charge on any atom is 0.317 e. The number of rotatable bonds is 3. The minimum absolute atomic E-state index is 0.0570. The summed E-state index contributed by atoms with van der Waals surface area (Å²) in [6, 6.07) is 0.0276. The smallest absolute Gasteiger partial charge is 0.317 e. The molecule has 1 aliphatic carbocycles. The Balaban J connectivity index is 1.88. The van der Waals surface area contributed by atoms with Gasteiger partial charge in [0.1, 0.15) is 0 Å². The van der Waals surface area contributed by atoms with Crippen LogP contribution in [0.2, 0.25) is 0 Å². The molecule has 2 unspecified atom stereocenters. The van der Waals surface area contributed by atoms with Gasteiger partial charge in [-0.15, -0.1) is 0 Å². The molecule has 2 N–H and O–H groups in total. The Morgan fingerprint density at radius 1 is 1.47 bits per heavy atom. The van der Waals surface area contributed by atoms with Gasteiger partial charge in [0.15, 0.2) is 0 Å². The van der Waals surface area contributed by atoms with Crippen molar-refractivity contribution in [1.29, 1.82) is 0 Å². The molecule has 1 aliphatic heterocycles. The summed E-state index contributed by atoms with van der Waals surface area (Å²) in [4.78, 5) is 24.4. The number of carbonyl (C=O) groups is 2. The first kappa shape index (κ1) is 12.2. The summed E-state index contributed by atoms with van der Waals surface area (Å²) in [6.07, 6.45) is 2.77. The van der Waals surface area contributed by atoms with Crippen LogP contribution in [0.1, 0.15) is 39.5 Å². The number of carboxylic acids is 1. The second-order valence-electron chi connectivity index (χ2n) is 5.78. The van der Waals surface area contributed by atoms with Crippen LogP contribution in [0.15, 0.2) is 0 Å². The van der Waals surface area contributed by atoms with Crippen molar-refractivity contribution < 1.29 is 14.7 Å². The molecule has 0 aromatic carbocycles. The first-order valence-corrected chi connectivity index (χ1v) is 6.19. The van der Waals surface area contributed by atoms with Crippen LogP contribution >= 0.6 is 0 Å². The molecule has 2 amide bonds. The summed E-state index contributed by atoms with van der Waals surface area (Å²) in [5.41, 5.74) is 0.206. The van der Waals surface area contributed by atoms with Crippen LogP contribution in [0.4, 0.5) is 4.79 Å². The van der Waals surface area contributed by atoms with Gasteiger partial charge in [-0.3, -0.25) is 4.79 Å². The van der Waals surface area contributed by atoms with Crippen molar-refractivity contribution in [3.63, 3.8) is 0 Å². The lowest BCUT2D eigenvalue weighted by molar-refractivity contribution is -0.137. The van der Waals surface area contributed by atoms with Gasteiger partial charge in [0.2, 0.25) is 0 Å². The quantitative estimate of drug-likeness (QED) is 0.784. The number of hydrogen-bond donors (Lipinski definition) is 2. The van der Waals surface area contributed by atoms with Crippen molar-refractivity contribution in [3.8, 4) is 0 Å². The lowest BCUT2D eigenvalue weighted by Crippen LogP contribution is -2.45. The molecule has 1 heterocycles. The van der Waals surface area contributed by atoms with Crippen LogP contribution in [0.3, 0.4) is 0 Å². The van der Waals surface area contributed by atoms with Gasteiger partial charge in [0.25, 0.3) is 0 Å². The fraction of sp³-hybridized carbons (Fsp3) is 0.833. The normalized spacial score (nSPS) is 30.1. The number of amides is 2. The standard InChI is InChI=1S/C12H20N2O3/c1-12(2)7-9(12)13-11(17)14-5-3-4-8(14)6-10(15)16/h8-9H,3-7H2,1-2H3,(H,13,17)(H,15,16). The molecule has 96 valence electrons. The number of carbonyl (C=O) groups excluding carboxylic acids is 1. The maximum atomic E-state index is 12.0. The van der Waals surface area contributed by atoms with Gasteiger partial charge in [0, 0.05) is 18.6 Å². The molecule has 0 radical (unpaired) electrons.